The molecule has 0 radical (unpaired) electrons. The van der Waals surface area contributed by atoms with Gasteiger partial charge in [-0.15, -0.1) is 11.6 Å². The number of methoxy groups -OCH3 is 1. The van der Waals surface area contributed by atoms with Crippen LogP contribution in [0.2, 0.25) is 0 Å². The molecule has 0 aromatic heterocycles. The van der Waals surface area contributed by atoms with Crippen LogP contribution in [0.5, 0.6) is 0 Å². The topological polar surface area (TPSA) is 26.3 Å². The van der Waals surface area contributed by atoms with E-state index in [2.05, 4.69) is 32.0 Å². The molecule has 1 aromatic rings. The normalized spacial score (nSPS) is 32.7. The minimum atomic E-state index is -0.371. The number of alkyl halides is 1. The fraction of sp³-hybridized carbons (Fsp3) is 0.667. The van der Waals surface area contributed by atoms with Gasteiger partial charge in [0.1, 0.15) is 0 Å². The molecule has 3 heteroatoms. The average Bonchev–Trinajstić information content (AvgIpc) is 2.52. The molecule has 0 N–H and O–H groups in total. The number of ether oxygens (including phenoxy) is 1. The SMILES string of the molecule is COC(=O)[C@@]1(C)CCC[C@@]2(C)c3ccc(C(C)(C)Cl)cc3CCC21. The van der Waals surface area contributed by atoms with Gasteiger partial charge in [-0.1, -0.05) is 31.5 Å². The van der Waals surface area contributed by atoms with Crippen LogP contribution >= 0.6 is 11.6 Å². The lowest BCUT2D eigenvalue weighted by atomic mass is 9.49. The predicted molar refractivity (Wildman–Crippen MR) is 98.5 cm³/mol. The zero-order valence-corrected chi connectivity index (χ0v) is 16.3. The third kappa shape index (κ3) is 2.58. The van der Waals surface area contributed by atoms with Crippen molar-refractivity contribution in [3.8, 4) is 0 Å². The smallest absolute Gasteiger partial charge is 0.311 e. The van der Waals surface area contributed by atoms with Crippen molar-refractivity contribution in [2.45, 2.75) is 70.1 Å². The third-order valence-electron chi connectivity index (χ3n) is 6.69. The highest BCUT2D eigenvalue weighted by molar-refractivity contribution is 6.23. The van der Waals surface area contributed by atoms with Crippen molar-refractivity contribution >= 4 is 17.6 Å². The summed E-state index contributed by atoms with van der Waals surface area (Å²) in [5, 5.41) is 0. The van der Waals surface area contributed by atoms with E-state index in [-0.39, 0.29) is 21.7 Å². The lowest BCUT2D eigenvalue weighted by Crippen LogP contribution is -2.52. The van der Waals surface area contributed by atoms with Crippen LogP contribution < -0.4 is 0 Å². The fourth-order valence-electron chi connectivity index (χ4n) is 5.34. The summed E-state index contributed by atoms with van der Waals surface area (Å²) in [5.74, 6) is 0.300. The molecule has 3 atom stereocenters. The molecule has 2 aliphatic rings. The highest BCUT2D eigenvalue weighted by atomic mass is 35.5. The maximum absolute atomic E-state index is 12.5. The molecule has 0 amide bonds. The van der Waals surface area contributed by atoms with Crippen molar-refractivity contribution in [1.82, 2.24) is 0 Å². The molecular weight excluding hydrogens is 320 g/mol. The Morgan fingerprint density at radius 3 is 2.62 bits per heavy atom. The van der Waals surface area contributed by atoms with Gasteiger partial charge in [0.25, 0.3) is 0 Å². The van der Waals surface area contributed by atoms with Crippen LogP contribution in [-0.4, -0.2) is 13.1 Å². The monoisotopic (exact) mass is 348 g/mol. The highest BCUT2D eigenvalue weighted by Crippen LogP contribution is 2.57. The van der Waals surface area contributed by atoms with E-state index < -0.39 is 0 Å². The lowest BCUT2D eigenvalue weighted by Gasteiger charge is -2.54. The molecule has 1 unspecified atom stereocenters. The van der Waals surface area contributed by atoms with Crippen LogP contribution in [0.15, 0.2) is 18.2 Å². The van der Waals surface area contributed by atoms with Gasteiger partial charge in [-0.05, 0) is 74.5 Å². The highest BCUT2D eigenvalue weighted by Gasteiger charge is 2.55. The quantitative estimate of drug-likeness (QED) is 0.532. The van der Waals surface area contributed by atoms with E-state index in [4.69, 9.17) is 16.3 Å². The molecule has 132 valence electrons. The first kappa shape index (κ1) is 17.8. The minimum absolute atomic E-state index is 0.0413. The van der Waals surface area contributed by atoms with Crippen LogP contribution in [0.1, 0.15) is 70.1 Å². The molecule has 0 aliphatic heterocycles. The van der Waals surface area contributed by atoms with E-state index in [0.29, 0.717) is 5.92 Å². The van der Waals surface area contributed by atoms with Crippen LogP contribution in [-0.2, 0) is 26.2 Å². The van der Waals surface area contributed by atoms with Crippen molar-refractivity contribution in [2.75, 3.05) is 7.11 Å². The molecule has 24 heavy (non-hydrogen) atoms. The molecule has 1 aromatic carbocycles. The van der Waals surface area contributed by atoms with Gasteiger partial charge < -0.3 is 4.74 Å². The number of rotatable bonds is 2. The Balaban J connectivity index is 2.06. The Bertz CT molecular complexity index is 660. The number of hydrogen-bond acceptors (Lipinski definition) is 2. The van der Waals surface area contributed by atoms with Crippen LogP contribution in [0, 0.1) is 11.3 Å². The second-order valence-corrected chi connectivity index (χ2v) is 9.56. The van der Waals surface area contributed by atoms with Crippen LogP contribution in [0.3, 0.4) is 0 Å². The first-order valence-corrected chi connectivity index (χ1v) is 9.42. The van der Waals surface area contributed by atoms with Gasteiger partial charge in [-0.2, -0.15) is 0 Å². The van der Waals surface area contributed by atoms with E-state index in [1.54, 1.807) is 0 Å². The van der Waals surface area contributed by atoms with Gasteiger partial charge >= 0.3 is 5.97 Å². The number of benzene rings is 1. The van der Waals surface area contributed by atoms with Crippen molar-refractivity contribution in [3.63, 3.8) is 0 Å². The molecule has 0 saturated heterocycles. The molecular formula is C21H29ClO2. The summed E-state index contributed by atoms with van der Waals surface area (Å²) in [4.78, 5) is 12.2. The fourth-order valence-corrected chi connectivity index (χ4v) is 5.46. The van der Waals surface area contributed by atoms with Crippen molar-refractivity contribution in [3.05, 3.63) is 34.9 Å². The number of fused-ring (bicyclic) bond motifs is 3. The van der Waals surface area contributed by atoms with Crippen molar-refractivity contribution in [2.24, 2.45) is 11.3 Å². The zero-order valence-electron chi connectivity index (χ0n) is 15.5. The number of halogens is 1. The Morgan fingerprint density at radius 2 is 2.00 bits per heavy atom. The standard InChI is InChI=1S/C21H29ClO2/c1-19(2,22)15-8-9-16-14(13-15)7-10-17-20(16,3)11-6-12-21(17,4)18(23)24-5/h8-9,13,17H,6-7,10-12H2,1-5H3/t17?,20-,21-/m0/s1. The molecule has 1 saturated carbocycles. The summed E-state index contributed by atoms with van der Waals surface area (Å²) >= 11 is 6.52. The van der Waals surface area contributed by atoms with Crippen molar-refractivity contribution < 1.29 is 9.53 Å². The molecule has 2 nitrogen and oxygen atoms in total. The summed E-state index contributed by atoms with van der Waals surface area (Å²) in [6, 6.07) is 6.72. The van der Waals surface area contributed by atoms with Gasteiger partial charge in [-0.25, -0.2) is 0 Å². The molecule has 2 aliphatic carbocycles. The number of carbonyl (C=O) groups is 1. The minimum Gasteiger partial charge on any atom is -0.469 e. The second-order valence-electron chi connectivity index (χ2n) is 8.62. The number of carbonyl (C=O) groups excluding carboxylic acids is 1. The van der Waals surface area contributed by atoms with Crippen LogP contribution in [0.4, 0.5) is 0 Å². The van der Waals surface area contributed by atoms with E-state index in [1.165, 1.54) is 23.8 Å². The zero-order chi connectivity index (χ0) is 17.8. The van der Waals surface area contributed by atoms with Gasteiger partial charge in [0, 0.05) is 0 Å². The first-order valence-electron chi connectivity index (χ1n) is 9.04. The second kappa shape index (κ2) is 5.76. The molecule has 0 bridgehead atoms. The molecule has 0 spiro atoms. The average molecular weight is 349 g/mol. The maximum atomic E-state index is 12.5. The number of hydrogen-bond donors (Lipinski definition) is 0. The predicted octanol–water partition coefficient (Wildman–Crippen LogP) is 5.34. The number of esters is 1. The summed E-state index contributed by atoms with van der Waals surface area (Å²) in [5.41, 5.74) is 3.68. The Kier molecular flexibility index (Phi) is 4.27. The maximum Gasteiger partial charge on any atom is 0.311 e. The Labute approximate surface area is 150 Å². The molecule has 0 heterocycles. The summed E-state index contributed by atoms with van der Waals surface area (Å²) in [6.07, 6.45) is 5.20. The van der Waals surface area contributed by atoms with E-state index in [9.17, 15) is 4.79 Å². The first-order chi connectivity index (χ1) is 11.1. The van der Waals surface area contributed by atoms with E-state index >= 15 is 0 Å². The summed E-state index contributed by atoms with van der Waals surface area (Å²) in [7, 11) is 1.52. The Morgan fingerprint density at radius 1 is 1.29 bits per heavy atom. The van der Waals surface area contributed by atoms with E-state index in [0.717, 1.165) is 32.1 Å². The Hall–Kier alpha value is -1.02. The largest absolute Gasteiger partial charge is 0.469 e. The lowest BCUT2D eigenvalue weighted by molar-refractivity contribution is -0.161. The van der Waals surface area contributed by atoms with E-state index in [1.807, 2.05) is 13.8 Å². The number of aryl methyl sites for hydroxylation is 1. The van der Waals surface area contributed by atoms with Crippen LogP contribution in [0.25, 0.3) is 0 Å². The molecule has 1 fully saturated rings. The van der Waals surface area contributed by atoms with Crippen molar-refractivity contribution in [1.29, 1.82) is 0 Å². The van der Waals surface area contributed by atoms with Gasteiger partial charge in [0.2, 0.25) is 0 Å². The van der Waals surface area contributed by atoms with Gasteiger partial charge in [0.05, 0.1) is 17.4 Å². The van der Waals surface area contributed by atoms with Gasteiger partial charge in [0.15, 0.2) is 0 Å². The third-order valence-corrected chi connectivity index (χ3v) is 6.91. The summed E-state index contributed by atoms with van der Waals surface area (Å²) in [6.45, 7) is 8.54. The van der Waals surface area contributed by atoms with Gasteiger partial charge in [-0.3, -0.25) is 4.79 Å². The summed E-state index contributed by atoms with van der Waals surface area (Å²) < 4.78 is 5.18. The molecule has 3 rings (SSSR count).